The summed E-state index contributed by atoms with van der Waals surface area (Å²) in [6.45, 7) is 7.16. The summed E-state index contributed by atoms with van der Waals surface area (Å²) in [7, 11) is 0. The Labute approximate surface area is 214 Å². The molecule has 0 saturated heterocycles. The summed E-state index contributed by atoms with van der Waals surface area (Å²) in [6.07, 6.45) is 13.7. The molecule has 1 aromatic carbocycles. The van der Waals surface area contributed by atoms with Crippen LogP contribution in [0.4, 0.5) is 0 Å². The Kier molecular flexibility index (Phi) is 6.52. The molecule has 4 aliphatic rings. The van der Waals surface area contributed by atoms with E-state index in [1.807, 2.05) is 18.2 Å². The van der Waals surface area contributed by atoms with Gasteiger partial charge in [-0.2, -0.15) is 0 Å². The topological polar surface area (TPSA) is 91.2 Å². The van der Waals surface area contributed by atoms with E-state index in [1.165, 1.54) is 12.0 Å². The van der Waals surface area contributed by atoms with Crippen molar-refractivity contribution < 1.29 is 19.8 Å². The Balaban J connectivity index is 1.15. The number of oxime groups is 1. The minimum absolute atomic E-state index is 0.0311. The van der Waals surface area contributed by atoms with E-state index in [1.54, 1.807) is 12.1 Å². The summed E-state index contributed by atoms with van der Waals surface area (Å²) in [6, 6.07) is 6.98. The van der Waals surface area contributed by atoms with Crippen LogP contribution >= 0.6 is 0 Å². The van der Waals surface area contributed by atoms with Gasteiger partial charge in [0.05, 0.1) is 5.60 Å². The summed E-state index contributed by atoms with van der Waals surface area (Å²) in [5, 5.41) is 27.5. The van der Waals surface area contributed by atoms with Crippen molar-refractivity contribution in [3.8, 4) is 5.75 Å². The van der Waals surface area contributed by atoms with Crippen molar-refractivity contribution in [1.82, 2.24) is 5.32 Å². The molecule has 0 spiro atoms. The predicted octanol–water partition coefficient (Wildman–Crippen LogP) is 4.91. The maximum atomic E-state index is 12.1. The lowest BCUT2D eigenvalue weighted by molar-refractivity contribution is -0.125. The zero-order valence-corrected chi connectivity index (χ0v) is 21.8. The molecular formula is C30H40N2O4. The number of fused-ring (bicyclic) bond motifs is 5. The first-order valence-corrected chi connectivity index (χ1v) is 13.5. The SMILES string of the molecule is C[C@]12C=CC(=NOCC(=O)NCCc3ccc(O)cc3)C=C1CC[C@H]1[C@@H]2CC[C@@]2(C)[C@H]1CC[C@]2(C)O. The van der Waals surface area contributed by atoms with Crippen LogP contribution in [0.5, 0.6) is 5.75 Å². The molecule has 6 nitrogen and oxygen atoms in total. The number of hydrogen-bond donors (Lipinski definition) is 3. The van der Waals surface area contributed by atoms with Gasteiger partial charge in [0.25, 0.3) is 5.91 Å². The number of nitrogens with zero attached hydrogens (tertiary/aromatic N) is 1. The third kappa shape index (κ3) is 4.38. The van der Waals surface area contributed by atoms with Crippen LogP contribution in [0, 0.1) is 28.6 Å². The fourth-order valence-electron chi connectivity index (χ4n) is 7.73. The molecule has 3 saturated carbocycles. The van der Waals surface area contributed by atoms with Crippen molar-refractivity contribution in [3.05, 3.63) is 53.6 Å². The van der Waals surface area contributed by atoms with E-state index in [-0.39, 0.29) is 29.1 Å². The van der Waals surface area contributed by atoms with Gasteiger partial charge in [-0.05, 0) is 105 Å². The summed E-state index contributed by atoms with van der Waals surface area (Å²) in [5.74, 6) is 1.89. The summed E-state index contributed by atoms with van der Waals surface area (Å²) >= 11 is 0. The normalized spacial score (nSPS) is 38.1. The molecule has 0 radical (unpaired) electrons. The van der Waals surface area contributed by atoms with Crippen LogP contribution in [0.2, 0.25) is 0 Å². The lowest BCUT2D eigenvalue weighted by Gasteiger charge is -2.58. The predicted molar refractivity (Wildman–Crippen MR) is 140 cm³/mol. The number of phenolic OH excluding ortho intramolecular Hbond substituents is 1. The highest BCUT2D eigenvalue weighted by Crippen LogP contribution is 2.66. The molecule has 3 N–H and O–H groups in total. The molecule has 6 heteroatoms. The first kappa shape index (κ1) is 25.1. The highest BCUT2D eigenvalue weighted by atomic mass is 16.6. The molecule has 1 aromatic rings. The standard InChI is InChI=1S/C30H40N2O4/c1-28-14-10-22(32-36-19-27(34)31-17-13-20-4-7-23(33)8-5-20)18-21(28)6-9-24-25(28)11-15-29(2)26(24)12-16-30(29,3)35/h4-5,7-8,10,14,18,24-26,33,35H,6,9,11-13,15-17,19H2,1-3H3,(H,31,34)/t24-,25-,26-,28-,29-,30-/m0/s1. The van der Waals surface area contributed by atoms with Gasteiger partial charge in [0.1, 0.15) is 11.5 Å². The molecule has 6 atom stereocenters. The van der Waals surface area contributed by atoms with Gasteiger partial charge in [0.15, 0.2) is 6.61 Å². The molecule has 5 rings (SSSR count). The van der Waals surface area contributed by atoms with E-state index in [2.05, 4.69) is 43.4 Å². The van der Waals surface area contributed by atoms with E-state index in [9.17, 15) is 15.0 Å². The number of rotatable bonds is 6. The van der Waals surface area contributed by atoms with Crippen molar-refractivity contribution in [2.24, 2.45) is 33.7 Å². The average molecular weight is 493 g/mol. The number of allylic oxidation sites excluding steroid dienone is 4. The van der Waals surface area contributed by atoms with Gasteiger partial charge in [-0.3, -0.25) is 4.79 Å². The fraction of sp³-hybridized carbons (Fsp3) is 0.600. The maximum absolute atomic E-state index is 12.1. The Hall–Kier alpha value is -2.60. The number of hydrogen-bond acceptors (Lipinski definition) is 5. The van der Waals surface area contributed by atoms with Crippen molar-refractivity contribution in [3.63, 3.8) is 0 Å². The van der Waals surface area contributed by atoms with E-state index in [0.29, 0.717) is 30.7 Å². The number of carbonyl (C=O) groups is 1. The molecule has 0 unspecified atom stereocenters. The lowest BCUT2D eigenvalue weighted by atomic mass is 9.47. The van der Waals surface area contributed by atoms with Crippen LogP contribution in [0.1, 0.15) is 64.9 Å². The number of amides is 1. The van der Waals surface area contributed by atoms with Gasteiger partial charge in [-0.15, -0.1) is 0 Å². The highest BCUT2D eigenvalue weighted by Gasteiger charge is 2.61. The first-order valence-electron chi connectivity index (χ1n) is 13.5. The van der Waals surface area contributed by atoms with Gasteiger partial charge in [0, 0.05) is 12.0 Å². The van der Waals surface area contributed by atoms with Crippen LogP contribution in [-0.2, 0) is 16.1 Å². The Morgan fingerprint density at radius 3 is 2.64 bits per heavy atom. The molecular weight excluding hydrogens is 452 g/mol. The average Bonchev–Trinajstić information content (AvgIpc) is 3.09. The summed E-state index contributed by atoms with van der Waals surface area (Å²) in [5.41, 5.74) is 2.75. The molecule has 0 bridgehead atoms. The number of benzene rings is 1. The van der Waals surface area contributed by atoms with E-state index in [4.69, 9.17) is 4.84 Å². The van der Waals surface area contributed by atoms with Crippen molar-refractivity contribution in [2.75, 3.05) is 13.2 Å². The second kappa shape index (κ2) is 9.37. The van der Waals surface area contributed by atoms with Crippen LogP contribution < -0.4 is 5.32 Å². The zero-order valence-electron chi connectivity index (χ0n) is 21.8. The second-order valence-corrected chi connectivity index (χ2v) is 12.0. The number of aromatic hydroxyl groups is 1. The van der Waals surface area contributed by atoms with Gasteiger partial charge in [0.2, 0.25) is 0 Å². The van der Waals surface area contributed by atoms with Crippen molar-refractivity contribution in [1.29, 1.82) is 0 Å². The van der Waals surface area contributed by atoms with E-state index < -0.39 is 5.60 Å². The minimum atomic E-state index is -0.545. The molecule has 0 heterocycles. The molecule has 3 fully saturated rings. The maximum Gasteiger partial charge on any atom is 0.260 e. The van der Waals surface area contributed by atoms with E-state index in [0.717, 1.165) is 43.4 Å². The third-order valence-corrected chi connectivity index (χ3v) is 10.2. The fourth-order valence-corrected chi connectivity index (χ4v) is 7.73. The Morgan fingerprint density at radius 1 is 1.11 bits per heavy atom. The van der Waals surface area contributed by atoms with Gasteiger partial charge < -0.3 is 20.4 Å². The number of nitrogens with one attached hydrogen (secondary N) is 1. The minimum Gasteiger partial charge on any atom is -0.508 e. The highest BCUT2D eigenvalue weighted by molar-refractivity contribution is 6.05. The van der Waals surface area contributed by atoms with Crippen molar-refractivity contribution >= 4 is 11.6 Å². The Bertz CT molecular complexity index is 1090. The first-order chi connectivity index (χ1) is 17.1. The number of phenols is 1. The van der Waals surface area contributed by atoms with Crippen LogP contribution in [0.15, 0.2) is 53.2 Å². The molecule has 0 aliphatic heterocycles. The van der Waals surface area contributed by atoms with E-state index >= 15 is 0 Å². The largest absolute Gasteiger partial charge is 0.508 e. The van der Waals surface area contributed by atoms with Crippen LogP contribution in [-0.4, -0.2) is 40.6 Å². The Morgan fingerprint density at radius 2 is 1.86 bits per heavy atom. The molecule has 194 valence electrons. The molecule has 0 aromatic heterocycles. The van der Waals surface area contributed by atoms with Gasteiger partial charge >= 0.3 is 0 Å². The molecule has 4 aliphatic carbocycles. The van der Waals surface area contributed by atoms with Gasteiger partial charge in [-0.25, -0.2) is 0 Å². The summed E-state index contributed by atoms with van der Waals surface area (Å²) < 4.78 is 0. The molecule has 36 heavy (non-hydrogen) atoms. The second-order valence-electron chi connectivity index (χ2n) is 12.0. The smallest absolute Gasteiger partial charge is 0.260 e. The monoisotopic (exact) mass is 492 g/mol. The molecule has 1 amide bonds. The number of aliphatic hydroxyl groups is 1. The van der Waals surface area contributed by atoms with Crippen molar-refractivity contribution in [2.45, 2.75) is 71.3 Å². The number of carbonyl (C=O) groups excluding carboxylic acids is 1. The van der Waals surface area contributed by atoms with Crippen LogP contribution in [0.3, 0.4) is 0 Å². The third-order valence-electron chi connectivity index (χ3n) is 10.2. The van der Waals surface area contributed by atoms with Crippen LogP contribution in [0.25, 0.3) is 0 Å². The zero-order chi connectivity index (χ0) is 25.6. The quantitative estimate of drug-likeness (QED) is 0.492. The lowest BCUT2D eigenvalue weighted by Crippen LogP contribution is -2.53. The summed E-state index contributed by atoms with van der Waals surface area (Å²) in [4.78, 5) is 17.5. The van der Waals surface area contributed by atoms with Gasteiger partial charge in [-0.1, -0.05) is 42.8 Å².